The molecule has 3 aromatic rings. The van der Waals surface area contributed by atoms with Gasteiger partial charge in [0.1, 0.15) is 10.9 Å². The average Bonchev–Trinajstić information content (AvgIpc) is 2.82. The Morgan fingerprint density at radius 3 is 2.45 bits per heavy atom. The Morgan fingerprint density at radius 2 is 1.86 bits per heavy atom. The lowest BCUT2D eigenvalue weighted by molar-refractivity contribution is -0.328. The number of hydrogen-bond acceptors (Lipinski definition) is 3. The van der Waals surface area contributed by atoms with Crippen LogP contribution in [0.4, 0.5) is 18.9 Å². The van der Waals surface area contributed by atoms with E-state index in [1.54, 1.807) is 30.3 Å². The number of nitrogens with two attached hydrogens (primary N) is 1. The lowest BCUT2D eigenvalue weighted by Crippen LogP contribution is -2.14. The molecule has 0 atom stereocenters. The van der Waals surface area contributed by atoms with Gasteiger partial charge in [0.15, 0.2) is 0 Å². The number of aromatic amines is 1. The van der Waals surface area contributed by atoms with E-state index in [4.69, 9.17) is 11.0 Å². The second-order valence-corrected chi connectivity index (χ2v) is 5.64. The fraction of sp³-hybridized carbons (Fsp3) is 0.0667. The predicted molar refractivity (Wildman–Crippen MR) is 77.9 cm³/mol. The molecule has 0 bridgehead atoms. The number of fused-ring (bicyclic) bond motifs is 1. The zero-order chi connectivity index (χ0) is 15.9. The van der Waals surface area contributed by atoms with Gasteiger partial charge < -0.3 is 5.73 Å². The Hall–Kier alpha value is -2.59. The summed E-state index contributed by atoms with van der Waals surface area (Å²) in [7, 11) is 0. The van der Waals surface area contributed by atoms with E-state index >= 15 is 0 Å². The summed E-state index contributed by atoms with van der Waals surface area (Å²) < 4.78 is 40.1. The highest BCUT2D eigenvalue weighted by Crippen LogP contribution is 2.41. The van der Waals surface area contributed by atoms with Crippen LogP contribution in [0.25, 0.3) is 21.5 Å². The second-order valence-electron chi connectivity index (χ2n) is 4.62. The van der Waals surface area contributed by atoms with Crippen molar-refractivity contribution in [1.82, 2.24) is 0 Å². The minimum absolute atomic E-state index is 0.0713. The van der Waals surface area contributed by atoms with E-state index in [-0.39, 0.29) is 20.8 Å². The number of anilines is 1. The number of benzene rings is 1. The number of halogens is 3. The minimum atomic E-state index is -4.56. The van der Waals surface area contributed by atoms with Gasteiger partial charge in [0.2, 0.25) is 5.69 Å². The Kier molecular flexibility index (Phi) is 3.26. The second kappa shape index (κ2) is 5.00. The number of aromatic nitrogens is 1. The van der Waals surface area contributed by atoms with Crippen molar-refractivity contribution in [2.45, 2.75) is 6.18 Å². The van der Waals surface area contributed by atoms with Crippen molar-refractivity contribution < 1.29 is 18.2 Å². The summed E-state index contributed by atoms with van der Waals surface area (Å²) in [6.07, 6.45) is -4.56. The number of alkyl halides is 3. The van der Waals surface area contributed by atoms with Gasteiger partial charge in [-0.05, 0) is 12.1 Å². The maximum Gasteiger partial charge on any atom is 0.417 e. The highest BCUT2D eigenvalue weighted by molar-refractivity contribution is 7.19. The van der Waals surface area contributed by atoms with Gasteiger partial charge in [-0.25, -0.2) is 0 Å². The first-order valence-electron chi connectivity index (χ1n) is 6.23. The third kappa shape index (κ3) is 2.27. The quantitative estimate of drug-likeness (QED) is 0.740. The van der Waals surface area contributed by atoms with E-state index in [2.05, 4.69) is 4.98 Å². The largest absolute Gasteiger partial charge is 0.417 e. The molecular formula is C15H9F3N3S+. The summed E-state index contributed by atoms with van der Waals surface area (Å²) in [6.45, 7) is 0. The molecule has 3 nitrogen and oxygen atoms in total. The van der Waals surface area contributed by atoms with Crippen LogP contribution < -0.4 is 10.7 Å². The number of rotatable bonds is 1. The molecule has 2 aromatic heterocycles. The Balaban J connectivity index is 2.38. The monoisotopic (exact) mass is 320 g/mol. The molecule has 0 spiro atoms. The molecule has 0 saturated carbocycles. The van der Waals surface area contributed by atoms with Crippen molar-refractivity contribution in [3.8, 4) is 17.3 Å². The maximum absolute atomic E-state index is 13.4. The summed E-state index contributed by atoms with van der Waals surface area (Å²) in [4.78, 5) is 3.25. The van der Waals surface area contributed by atoms with E-state index < -0.39 is 11.7 Å². The van der Waals surface area contributed by atoms with Crippen LogP contribution in [0.3, 0.4) is 0 Å². The summed E-state index contributed by atoms with van der Waals surface area (Å²) in [6, 6.07) is 11.5. The highest BCUT2D eigenvalue weighted by Gasteiger charge is 2.37. The van der Waals surface area contributed by atoms with Gasteiger partial charge in [0.25, 0.3) is 4.83 Å². The molecule has 1 aromatic carbocycles. The molecule has 0 unspecified atom stereocenters. The first kappa shape index (κ1) is 14.4. The molecule has 0 radical (unpaired) electrons. The molecule has 2 heterocycles. The predicted octanol–water partition coefficient (Wildman–Crippen LogP) is 3.86. The van der Waals surface area contributed by atoms with E-state index in [9.17, 15) is 13.2 Å². The standard InChI is InChI=1S/C15H8F3N3S/c16-15(17,18)9-6-10(8-4-2-1-3-5-8)21-14-12(9)13(20)11(7-19)22-14/h1-6H,20H2/p+1. The van der Waals surface area contributed by atoms with Crippen LogP contribution >= 0.6 is 11.3 Å². The molecular weight excluding hydrogens is 311 g/mol. The van der Waals surface area contributed by atoms with Gasteiger partial charge >= 0.3 is 6.18 Å². The normalized spacial score (nSPS) is 11.5. The van der Waals surface area contributed by atoms with Gasteiger partial charge in [-0.15, -0.1) is 0 Å². The maximum atomic E-state index is 13.4. The molecule has 0 amide bonds. The minimum Gasteiger partial charge on any atom is -0.396 e. The third-order valence-corrected chi connectivity index (χ3v) is 4.27. The molecule has 22 heavy (non-hydrogen) atoms. The van der Waals surface area contributed by atoms with Crippen LogP contribution in [0.1, 0.15) is 10.4 Å². The number of nitrogen functional groups attached to an aromatic ring is 1. The van der Waals surface area contributed by atoms with E-state index in [1.165, 1.54) is 0 Å². The van der Waals surface area contributed by atoms with Crippen molar-refractivity contribution in [2.75, 3.05) is 5.73 Å². The molecule has 0 aliphatic rings. The molecule has 3 rings (SSSR count). The number of hydrogen-bond donors (Lipinski definition) is 1. The van der Waals surface area contributed by atoms with Crippen molar-refractivity contribution in [1.29, 1.82) is 5.26 Å². The summed E-state index contributed by atoms with van der Waals surface area (Å²) >= 11 is 0.921. The number of nitrogens with zero attached hydrogens (tertiary/aromatic N) is 1. The van der Waals surface area contributed by atoms with E-state index in [0.717, 1.165) is 17.4 Å². The van der Waals surface area contributed by atoms with Gasteiger partial charge in [-0.2, -0.15) is 23.4 Å². The van der Waals surface area contributed by atoms with Crippen molar-refractivity contribution >= 4 is 27.2 Å². The van der Waals surface area contributed by atoms with E-state index in [1.807, 2.05) is 6.07 Å². The van der Waals surface area contributed by atoms with Gasteiger partial charge in [-0.3, -0.25) is 0 Å². The lowest BCUT2D eigenvalue weighted by Gasteiger charge is -2.08. The molecule has 0 fully saturated rings. The van der Waals surface area contributed by atoms with Gasteiger partial charge in [-0.1, -0.05) is 29.5 Å². The number of nitriles is 1. The molecule has 110 valence electrons. The Labute approximate surface area is 127 Å². The van der Waals surface area contributed by atoms with Crippen molar-refractivity contribution in [3.63, 3.8) is 0 Å². The zero-order valence-corrected chi connectivity index (χ0v) is 11.8. The number of H-pyrrole nitrogens is 1. The van der Waals surface area contributed by atoms with Crippen molar-refractivity contribution in [2.24, 2.45) is 0 Å². The summed E-state index contributed by atoms with van der Waals surface area (Å²) in [5.74, 6) is 0. The first-order valence-corrected chi connectivity index (χ1v) is 7.04. The SMILES string of the molecule is N#Cc1sc2[nH+]c(-c3ccccc3)cc(C(F)(F)F)c2c1N. The Bertz CT molecular complexity index is 892. The summed E-state index contributed by atoms with van der Waals surface area (Å²) in [5, 5.41) is 8.84. The van der Waals surface area contributed by atoms with Crippen molar-refractivity contribution in [3.05, 3.63) is 46.8 Å². The molecule has 0 saturated heterocycles. The zero-order valence-electron chi connectivity index (χ0n) is 11.0. The van der Waals surface area contributed by atoms with Crippen LogP contribution in [0.5, 0.6) is 0 Å². The number of pyridine rings is 1. The van der Waals surface area contributed by atoms with Gasteiger partial charge in [0, 0.05) is 11.6 Å². The fourth-order valence-corrected chi connectivity index (χ4v) is 3.20. The lowest BCUT2D eigenvalue weighted by atomic mass is 10.1. The summed E-state index contributed by atoms with van der Waals surface area (Å²) in [5.41, 5.74) is 5.68. The number of thiophene rings is 1. The van der Waals surface area contributed by atoms with E-state index in [0.29, 0.717) is 11.3 Å². The molecule has 0 aliphatic carbocycles. The average molecular weight is 320 g/mol. The third-order valence-electron chi connectivity index (χ3n) is 3.24. The Morgan fingerprint density at radius 1 is 1.18 bits per heavy atom. The topological polar surface area (TPSA) is 64.0 Å². The van der Waals surface area contributed by atoms with Crippen LogP contribution in [0, 0.1) is 11.3 Å². The smallest absolute Gasteiger partial charge is 0.396 e. The van der Waals surface area contributed by atoms with Crippen LogP contribution in [-0.4, -0.2) is 0 Å². The van der Waals surface area contributed by atoms with Crippen LogP contribution in [0.2, 0.25) is 0 Å². The fourth-order valence-electron chi connectivity index (χ4n) is 2.25. The molecule has 7 heteroatoms. The van der Waals surface area contributed by atoms with Crippen LogP contribution in [-0.2, 0) is 6.18 Å². The first-order chi connectivity index (χ1) is 10.4. The van der Waals surface area contributed by atoms with Gasteiger partial charge in [0.05, 0.1) is 16.6 Å². The highest BCUT2D eigenvalue weighted by atomic mass is 32.1. The molecule has 3 N–H and O–H groups in total. The molecule has 0 aliphatic heterocycles. The number of nitrogens with one attached hydrogen (secondary N) is 1. The van der Waals surface area contributed by atoms with Crippen LogP contribution in [0.15, 0.2) is 36.4 Å².